The summed E-state index contributed by atoms with van der Waals surface area (Å²) in [6.45, 7) is 5.54. The Labute approximate surface area is 60.3 Å². The highest BCUT2D eigenvalue weighted by Crippen LogP contribution is 2.17. The molecule has 0 aromatic carbocycles. The van der Waals surface area contributed by atoms with Crippen LogP contribution in [-0.2, 0) is 0 Å². The molecule has 1 N–H and O–H groups in total. The molecule has 0 atom stereocenters. The Hall–Kier alpha value is -1.31. The van der Waals surface area contributed by atoms with Crippen molar-refractivity contribution in [1.82, 2.24) is 4.98 Å². The standard InChI is InChI=1S/C8H10N2/c1-3-7-5-9-6-8(7)10-4-2/h3-6,9H,1H2,2H3. The molecular formula is C8H10N2. The van der Waals surface area contributed by atoms with Gasteiger partial charge in [0.05, 0.1) is 5.69 Å². The van der Waals surface area contributed by atoms with E-state index in [-0.39, 0.29) is 0 Å². The van der Waals surface area contributed by atoms with Gasteiger partial charge in [0.25, 0.3) is 0 Å². The SMILES string of the molecule is C=Cc1c[nH]cc1N=CC. The van der Waals surface area contributed by atoms with Gasteiger partial charge in [-0.15, -0.1) is 0 Å². The summed E-state index contributed by atoms with van der Waals surface area (Å²) in [6, 6.07) is 0. The Kier molecular flexibility index (Phi) is 2.05. The number of nitrogens with one attached hydrogen (secondary N) is 1. The normalized spacial score (nSPS) is 10.5. The van der Waals surface area contributed by atoms with E-state index in [0.29, 0.717) is 0 Å². The Balaban J connectivity index is 3.00. The second kappa shape index (κ2) is 3.01. The molecule has 0 saturated heterocycles. The number of rotatable bonds is 2. The molecule has 1 aromatic heterocycles. The summed E-state index contributed by atoms with van der Waals surface area (Å²) in [4.78, 5) is 7.06. The third-order valence-corrected chi connectivity index (χ3v) is 1.24. The maximum absolute atomic E-state index is 4.11. The second-order valence-corrected chi connectivity index (χ2v) is 1.89. The molecule has 2 nitrogen and oxygen atoms in total. The van der Waals surface area contributed by atoms with Gasteiger partial charge in [0, 0.05) is 24.2 Å². The van der Waals surface area contributed by atoms with Crippen molar-refractivity contribution in [3.63, 3.8) is 0 Å². The quantitative estimate of drug-likeness (QED) is 0.601. The summed E-state index contributed by atoms with van der Waals surface area (Å²) in [5.74, 6) is 0. The molecule has 0 bridgehead atoms. The topological polar surface area (TPSA) is 28.1 Å². The van der Waals surface area contributed by atoms with Crippen LogP contribution in [0.25, 0.3) is 6.08 Å². The molecule has 10 heavy (non-hydrogen) atoms. The molecule has 0 aliphatic carbocycles. The van der Waals surface area contributed by atoms with Gasteiger partial charge in [-0.2, -0.15) is 0 Å². The zero-order valence-corrected chi connectivity index (χ0v) is 5.96. The van der Waals surface area contributed by atoms with Crippen molar-refractivity contribution < 1.29 is 0 Å². The van der Waals surface area contributed by atoms with Gasteiger partial charge >= 0.3 is 0 Å². The second-order valence-electron chi connectivity index (χ2n) is 1.89. The fraction of sp³-hybridized carbons (Fsp3) is 0.125. The van der Waals surface area contributed by atoms with Gasteiger partial charge in [0.1, 0.15) is 0 Å². The van der Waals surface area contributed by atoms with E-state index in [2.05, 4.69) is 16.6 Å². The Bertz CT molecular complexity index is 246. The van der Waals surface area contributed by atoms with Crippen LogP contribution in [0.1, 0.15) is 12.5 Å². The van der Waals surface area contributed by atoms with Gasteiger partial charge in [-0.25, -0.2) is 0 Å². The molecule has 52 valence electrons. The van der Waals surface area contributed by atoms with E-state index in [0.717, 1.165) is 11.3 Å². The number of aliphatic imine (C=N–C) groups is 1. The maximum atomic E-state index is 4.11. The molecule has 0 radical (unpaired) electrons. The lowest BCUT2D eigenvalue weighted by atomic mass is 10.3. The fourth-order valence-corrected chi connectivity index (χ4v) is 0.782. The van der Waals surface area contributed by atoms with Gasteiger partial charge in [0.15, 0.2) is 0 Å². The van der Waals surface area contributed by atoms with Crippen molar-refractivity contribution in [3.8, 4) is 0 Å². The third-order valence-electron chi connectivity index (χ3n) is 1.24. The predicted octanol–water partition coefficient (Wildman–Crippen LogP) is 2.38. The Morgan fingerprint density at radius 1 is 1.60 bits per heavy atom. The van der Waals surface area contributed by atoms with E-state index >= 15 is 0 Å². The molecule has 2 heteroatoms. The van der Waals surface area contributed by atoms with E-state index in [1.54, 1.807) is 12.3 Å². The van der Waals surface area contributed by atoms with Crippen molar-refractivity contribution in [1.29, 1.82) is 0 Å². The highest BCUT2D eigenvalue weighted by atomic mass is 14.8. The molecule has 0 unspecified atom stereocenters. The average Bonchev–Trinajstić information content (AvgIpc) is 2.36. The van der Waals surface area contributed by atoms with E-state index in [1.807, 2.05) is 19.3 Å². The van der Waals surface area contributed by atoms with Crippen molar-refractivity contribution in [3.05, 3.63) is 24.5 Å². The molecular weight excluding hydrogens is 124 g/mol. The molecule has 0 amide bonds. The first-order valence-electron chi connectivity index (χ1n) is 3.16. The van der Waals surface area contributed by atoms with Gasteiger partial charge in [-0.05, 0) is 6.92 Å². The third kappa shape index (κ3) is 1.16. The largest absolute Gasteiger partial charge is 0.365 e. The van der Waals surface area contributed by atoms with Crippen LogP contribution >= 0.6 is 0 Å². The van der Waals surface area contributed by atoms with Crippen molar-refractivity contribution in [2.24, 2.45) is 4.99 Å². The van der Waals surface area contributed by atoms with Crippen LogP contribution in [-0.4, -0.2) is 11.2 Å². The first-order valence-corrected chi connectivity index (χ1v) is 3.16. The summed E-state index contributed by atoms with van der Waals surface area (Å²) in [7, 11) is 0. The molecule has 1 rings (SSSR count). The van der Waals surface area contributed by atoms with Crippen molar-refractivity contribution in [2.45, 2.75) is 6.92 Å². The van der Waals surface area contributed by atoms with Crippen LogP contribution in [0.5, 0.6) is 0 Å². The molecule has 0 aliphatic rings. The van der Waals surface area contributed by atoms with E-state index in [1.165, 1.54) is 0 Å². The lowest BCUT2D eigenvalue weighted by molar-refractivity contribution is 1.40. The van der Waals surface area contributed by atoms with E-state index < -0.39 is 0 Å². The number of aromatic nitrogens is 1. The van der Waals surface area contributed by atoms with E-state index in [4.69, 9.17) is 0 Å². The molecule has 0 aliphatic heterocycles. The van der Waals surface area contributed by atoms with Gasteiger partial charge in [0.2, 0.25) is 0 Å². The lowest BCUT2D eigenvalue weighted by Crippen LogP contribution is -1.63. The highest BCUT2D eigenvalue weighted by molar-refractivity contribution is 5.68. The number of hydrogen-bond donors (Lipinski definition) is 1. The predicted molar refractivity (Wildman–Crippen MR) is 44.7 cm³/mol. The van der Waals surface area contributed by atoms with Crippen molar-refractivity contribution in [2.75, 3.05) is 0 Å². The minimum atomic E-state index is 0.942. The number of nitrogens with zero attached hydrogens (tertiary/aromatic N) is 1. The first-order chi connectivity index (χ1) is 4.88. The Morgan fingerprint density at radius 3 is 3.00 bits per heavy atom. The van der Waals surface area contributed by atoms with Gasteiger partial charge in [-0.1, -0.05) is 12.7 Å². The summed E-state index contributed by atoms with van der Waals surface area (Å²) in [5.41, 5.74) is 1.98. The Morgan fingerprint density at radius 2 is 2.40 bits per heavy atom. The summed E-state index contributed by atoms with van der Waals surface area (Å²) in [5, 5.41) is 0. The van der Waals surface area contributed by atoms with Crippen LogP contribution in [0, 0.1) is 0 Å². The van der Waals surface area contributed by atoms with Crippen LogP contribution in [0.4, 0.5) is 5.69 Å². The molecule has 0 fully saturated rings. The zero-order chi connectivity index (χ0) is 7.40. The monoisotopic (exact) mass is 134 g/mol. The molecule has 1 aromatic rings. The van der Waals surface area contributed by atoms with Crippen LogP contribution in [0.15, 0.2) is 24.0 Å². The lowest BCUT2D eigenvalue weighted by Gasteiger charge is -1.86. The summed E-state index contributed by atoms with van der Waals surface area (Å²) in [6.07, 6.45) is 7.25. The first kappa shape index (κ1) is 6.81. The smallest absolute Gasteiger partial charge is 0.0871 e. The summed E-state index contributed by atoms with van der Waals surface area (Å²) < 4.78 is 0. The van der Waals surface area contributed by atoms with Crippen LogP contribution in [0.3, 0.4) is 0 Å². The van der Waals surface area contributed by atoms with Gasteiger partial charge < -0.3 is 4.98 Å². The van der Waals surface area contributed by atoms with Crippen LogP contribution < -0.4 is 0 Å². The number of aromatic amines is 1. The van der Waals surface area contributed by atoms with Gasteiger partial charge in [-0.3, -0.25) is 4.99 Å². The zero-order valence-electron chi connectivity index (χ0n) is 5.96. The summed E-state index contributed by atoms with van der Waals surface area (Å²) >= 11 is 0. The highest BCUT2D eigenvalue weighted by Gasteiger charge is 1.93. The van der Waals surface area contributed by atoms with E-state index in [9.17, 15) is 0 Å². The molecule has 0 spiro atoms. The minimum Gasteiger partial charge on any atom is -0.365 e. The minimum absolute atomic E-state index is 0.942. The average molecular weight is 134 g/mol. The maximum Gasteiger partial charge on any atom is 0.0871 e. The number of hydrogen-bond acceptors (Lipinski definition) is 1. The van der Waals surface area contributed by atoms with Crippen molar-refractivity contribution >= 4 is 18.0 Å². The number of H-pyrrole nitrogens is 1. The molecule has 0 saturated carbocycles. The molecule has 1 heterocycles. The van der Waals surface area contributed by atoms with Crippen LogP contribution in [0.2, 0.25) is 0 Å². The fourth-order valence-electron chi connectivity index (χ4n) is 0.782.